The third kappa shape index (κ3) is 6.20. The Balaban J connectivity index is 1.45. The highest BCUT2D eigenvalue weighted by Crippen LogP contribution is 2.23. The second-order valence-electron chi connectivity index (χ2n) is 7.12. The zero-order chi connectivity index (χ0) is 22.4. The minimum Gasteiger partial charge on any atom is -0.388 e. The van der Waals surface area contributed by atoms with E-state index in [0.717, 1.165) is 17.7 Å². The number of aliphatic hydroxyl groups excluding tert-OH is 2. The lowest BCUT2D eigenvalue weighted by molar-refractivity contribution is -0.125. The molecule has 1 aliphatic heterocycles. The summed E-state index contributed by atoms with van der Waals surface area (Å²) < 4.78 is 32.0. The fourth-order valence-electron chi connectivity index (χ4n) is 3.17. The maximum absolute atomic E-state index is 13.6. The Bertz CT molecular complexity index is 915. The molecule has 1 saturated heterocycles. The zero-order valence-electron chi connectivity index (χ0n) is 16.4. The first-order valence-electron chi connectivity index (χ1n) is 9.65. The van der Waals surface area contributed by atoms with Crippen molar-refractivity contribution in [3.63, 3.8) is 0 Å². The van der Waals surface area contributed by atoms with E-state index in [1.54, 1.807) is 0 Å². The van der Waals surface area contributed by atoms with Crippen molar-refractivity contribution in [1.29, 1.82) is 0 Å². The number of rotatable bonds is 7. The molecule has 0 radical (unpaired) electrons. The average Bonchev–Trinajstić information content (AvgIpc) is 3.01. The molecule has 0 bridgehead atoms. The summed E-state index contributed by atoms with van der Waals surface area (Å²) in [5.41, 5.74) is 0.689. The quantitative estimate of drug-likeness (QED) is 0.449. The summed E-state index contributed by atoms with van der Waals surface area (Å²) in [4.78, 5) is 24.1. The molecule has 0 unspecified atom stereocenters. The van der Waals surface area contributed by atoms with Gasteiger partial charge in [0, 0.05) is 19.2 Å². The summed E-state index contributed by atoms with van der Waals surface area (Å²) in [5.74, 6) is -2.08. The SMILES string of the molecule is O=C(C[C@H]1O[C@H](CNC(=O)Nc2ccc(F)cc2F)[C@@H](O)[C@H]1O)NCc1ccccc1. The van der Waals surface area contributed by atoms with E-state index < -0.39 is 42.1 Å². The maximum atomic E-state index is 13.6. The van der Waals surface area contributed by atoms with E-state index in [-0.39, 0.29) is 24.6 Å². The van der Waals surface area contributed by atoms with Crippen molar-refractivity contribution in [2.75, 3.05) is 11.9 Å². The highest BCUT2D eigenvalue weighted by Gasteiger charge is 2.43. The van der Waals surface area contributed by atoms with Gasteiger partial charge in [0.2, 0.25) is 5.91 Å². The van der Waals surface area contributed by atoms with Crippen molar-refractivity contribution in [2.24, 2.45) is 0 Å². The Morgan fingerprint density at radius 3 is 2.39 bits per heavy atom. The van der Waals surface area contributed by atoms with Gasteiger partial charge in [0.25, 0.3) is 0 Å². The number of benzene rings is 2. The molecular weight excluding hydrogens is 412 g/mol. The lowest BCUT2D eigenvalue weighted by Crippen LogP contribution is -2.41. The lowest BCUT2D eigenvalue weighted by atomic mass is 10.1. The van der Waals surface area contributed by atoms with Crippen LogP contribution in [0.5, 0.6) is 0 Å². The van der Waals surface area contributed by atoms with Crippen LogP contribution in [-0.2, 0) is 16.1 Å². The Morgan fingerprint density at radius 1 is 0.968 bits per heavy atom. The largest absolute Gasteiger partial charge is 0.388 e. The molecule has 2 aromatic rings. The van der Waals surface area contributed by atoms with Gasteiger partial charge < -0.3 is 30.9 Å². The third-order valence-corrected chi connectivity index (χ3v) is 4.82. The van der Waals surface area contributed by atoms with Gasteiger partial charge in [-0.1, -0.05) is 30.3 Å². The molecule has 0 aliphatic carbocycles. The van der Waals surface area contributed by atoms with Gasteiger partial charge >= 0.3 is 6.03 Å². The summed E-state index contributed by atoms with van der Waals surface area (Å²) in [7, 11) is 0. The van der Waals surface area contributed by atoms with Crippen LogP contribution in [0.1, 0.15) is 12.0 Å². The molecule has 3 amide bonds. The van der Waals surface area contributed by atoms with Crippen molar-refractivity contribution in [3.8, 4) is 0 Å². The molecule has 4 atom stereocenters. The van der Waals surface area contributed by atoms with Crippen LogP contribution >= 0.6 is 0 Å². The van der Waals surface area contributed by atoms with E-state index in [1.807, 2.05) is 30.3 Å². The second-order valence-corrected chi connectivity index (χ2v) is 7.12. The van der Waals surface area contributed by atoms with Gasteiger partial charge in [0.1, 0.15) is 29.9 Å². The molecule has 1 fully saturated rings. The third-order valence-electron chi connectivity index (χ3n) is 4.82. The van der Waals surface area contributed by atoms with Crippen molar-refractivity contribution < 1.29 is 33.3 Å². The molecule has 3 rings (SSSR count). The van der Waals surface area contributed by atoms with E-state index >= 15 is 0 Å². The molecule has 10 heteroatoms. The predicted molar refractivity (Wildman–Crippen MR) is 107 cm³/mol. The van der Waals surface area contributed by atoms with Gasteiger partial charge in [0.05, 0.1) is 18.2 Å². The number of carbonyl (C=O) groups is 2. The van der Waals surface area contributed by atoms with E-state index in [4.69, 9.17) is 4.74 Å². The summed E-state index contributed by atoms with van der Waals surface area (Å²) in [6.45, 7) is 0.116. The summed E-state index contributed by atoms with van der Waals surface area (Å²) in [6.07, 6.45) is -4.73. The molecule has 31 heavy (non-hydrogen) atoms. The summed E-state index contributed by atoms with van der Waals surface area (Å²) >= 11 is 0. The number of ether oxygens (including phenoxy) is 1. The molecule has 1 aliphatic rings. The van der Waals surface area contributed by atoms with Gasteiger partial charge in [-0.3, -0.25) is 4.79 Å². The minimum atomic E-state index is -1.32. The van der Waals surface area contributed by atoms with E-state index in [9.17, 15) is 28.6 Å². The molecule has 1 heterocycles. The van der Waals surface area contributed by atoms with E-state index in [0.29, 0.717) is 12.6 Å². The van der Waals surface area contributed by atoms with Gasteiger partial charge in [-0.25, -0.2) is 13.6 Å². The lowest BCUT2D eigenvalue weighted by Gasteiger charge is -2.16. The topological polar surface area (TPSA) is 120 Å². The van der Waals surface area contributed by atoms with Crippen LogP contribution in [0.25, 0.3) is 0 Å². The Kier molecular flexibility index (Phi) is 7.50. The van der Waals surface area contributed by atoms with Crippen LogP contribution in [0.4, 0.5) is 19.3 Å². The number of carbonyl (C=O) groups excluding carboxylic acids is 2. The molecule has 166 valence electrons. The van der Waals surface area contributed by atoms with Gasteiger partial charge in [-0.15, -0.1) is 0 Å². The zero-order valence-corrected chi connectivity index (χ0v) is 16.4. The normalized spacial score (nSPS) is 22.7. The fourth-order valence-corrected chi connectivity index (χ4v) is 3.17. The molecule has 0 aromatic heterocycles. The second kappa shape index (κ2) is 10.3. The Hall–Kier alpha value is -3.08. The average molecular weight is 435 g/mol. The summed E-state index contributed by atoms with van der Waals surface area (Å²) in [5, 5.41) is 27.6. The number of hydrogen-bond donors (Lipinski definition) is 5. The smallest absolute Gasteiger partial charge is 0.319 e. The van der Waals surface area contributed by atoms with E-state index in [1.165, 1.54) is 0 Å². The first-order valence-corrected chi connectivity index (χ1v) is 9.65. The monoisotopic (exact) mass is 435 g/mol. The maximum Gasteiger partial charge on any atom is 0.319 e. The molecule has 5 N–H and O–H groups in total. The molecule has 8 nitrogen and oxygen atoms in total. The van der Waals surface area contributed by atoms with Crippen LogP contribution < -0.4 is 16.0 Å². The van der Waals surface area contributed by atoms with Crippen LogP contribution in [0.15, 0.2) is 48.5 Å². The van der Waals surface area contributed by atoms with Gasteiger partial charge in [-0.2, -0.15) is 0 Å². The number of halogens is 2. The highest BCUT2D eigenvalue weighted by atomic mass is 19.1. The first-order chi connectivity index (χ1) is 14.8. The van der Waals surface area contributed by atoms with Crippen LogP contribution in [0.3, 0.4) is 0 Å². The number of nitrogens with one attached hydrogen (secondary N) is 3. The Labute approximate surface area is 177 Å². The van der Waals surface area contributed by atoms with E-state index in [2.05, 4.69) is 16.0 Å². The molecule has 2 aromatic carbocycles. The van der Waals surface area contributed by atoms with Gasteiger partial charge in [-0.05, 0) is 17.7 Å². The Morgan fingerprint density at radius 2 is 1.68 bits per heavy atom. The molecule has 0 spiro atoms. The minimum absolute atomic E-state index is 0.172. The molecular formula is C21H23F2N3O5. The standard InChI is InChI=1S/C21H23F2N3O5/c22-13-6-7-15(14(23)8-13)26-21(30)25-11-17-20(29)19(28)16(31-17)9-18(27)24-10-12-4-2-1-3-5-12/h1-8,16-17,19-20,28-29H,9-11H2,(H,24,27)(H2,25,26,30)/t16-,17-,19+,20-/m1/s1. The van der Waals surface area contributed by atoms with Crippen molar-refractivity contribution in [3.05, 3.63) is 65.7 Å². The molecule has 0 saturated carbocycles. The first kappa shape index (κ1) is 22.6. The number of hydrogen-bond acceptors (Lipinski definition) is 5. The number of anilines is 1. The van der Waals surface area contributed by atoms with Crippen molar-refractivity contribution >= 4 is 17.6 Å². The summed E-state index contributed by atoms with van der Waals surface area (Å²) in [6, 6.07) is 11.2. The fraction of sp³-hybridized carbons (Fsp3) is 0.333. The van der Waals surface area contributed by atoms with Crippen molar-refractivity contribution in [1.82, 2.24) is 10.6 Å². The number of amides is 3. The van der Waals surface area contributed by atoms with Crippen LogP contribution in [-0.4, -0.2) is 53.1 Å². The highest BCUT2D eigenvalue weighted by molar-refractivity contribution is 5.89. The number of urea groups is 1. The number of aliphatic hydroxyl groups is 2. The van der Waals surface area contributed by atoms with Crippen LogP contribution in [0, 0.1) is 11.6 Å². The van der Waals surface area contributed by atoms with Crippen molar-refractivity contribution in [2.45, 2.75) is 37.4 Å². The predicted octanol–water partition coefficient (Wildman–Crippen LogP) is 1.28. The van der Waals surface area contributed by atoms with Crippen LogP contribution in [0.2, 0.25) is 0 Å². The van der Waals surface area contributed by atoms with Gasteiger partial charge in [0.15, 0.2) is 0 Å².